The first-order chi connectivity index (χ1) is 31.0. The molecule has 298 valence electrons. The topological polar surface area (TPSA) is 16.4 Å². The van der Waals surface area contributed by atoms with Crippen LogP contribution in [-0.4, -0.2) is 0 Å². The summed E-state index contributed by atoms with van der Waals surface area (Å²) in [5.74, 6) is 0. The van der Waals surface area contributed by atoms with Gasteiger partial charge in [-0.3, -0.25) is 0 Å². The van der Waals surface area contributed by atoms with Gasteiger partial charge in [-0.25, -0.2) is 0 Å². The average Bonchev–Trinajstić information content (AvgIpc) is 3.83. The van der Waals surface area contributed by atoms with Gasteiger partial charge in [-0.15, -0.1) is 0 Å². The van der Waals surface area contributed by atoms with E-state index in [4.69, 9.17) is 4.42 Å². The van der Waals surface area contributed by atoms with Crippen LogP contribution in [0.4, 0.5) is 17.1 Å². The number of benzene rings is 10. The molecule has 1 aliphatic carbocycles. The molecule has 0 unspecified atom stereocenters. The summed E-state index contributed by atoms with van der Waals surface area (Å²) in [6.07, 6.45) is 0. The molecule has 0 fully saturated rings. The maximum atomic E-state index is 6.19. The standard InChI is InChI=1S/C61H43NO/c1-61(2)55-29-9-6-22-49(55)53-28-15-26-48(60(53)61)44-20-12-21-46(38-44)62(45-35-32-40(33-36-45)43-34-37-58-54(39-43)51-24-8-11-31-57(51)63-58)56-30-10-7-23-50(56)52-27-14-19-42-18-13-25-47(59(42)52)41-16-4-3-5-17-41/h3-39H,1-2H3. The first kappa shape index (κ1) is 36.9. The number of fused-ring (bicyclic) bond motifs is 7. The van der Waals surface area contributed by atoms with E-state index in [1.165, 1.54) is 60.8 Å². The number of para-hydroxylation sites is 2. The zero-order chi connectivity index (χ0) is 42.1. The molecule has 2 heteroatoms. The summed E-state index contributed by atoms with van der Waals surface area (Å²) in [7, 11) is 0. The van der Waals surface area contributed by atoms with E-state index in [1.54, 1.807) is 0 Å². The van der Waals surface area contributed by atoms with Crippen LogP contribution >= 0.6 is 0 Å². The largest absolute Gasteiger partial charge is 0.456 e. The Hall–Kier alpha value is -7.94. The summed E-state index contributed by atoms with van der Waals surface area (Å²) in [5, 5.41) is 4.72. The van der Waals surface area contributed by atoms with Gasteiger partial charge in [0.1, 0.15) is 11.2 Å². The minimum absolute atomic E-state index is 0.142. The molecule has 0 aliphatic heterocycles. The van der Waals surface area contributed by atoms with Gasteiger partial charge in [-0.05, 0) is 121 Å². The van der Waals surface area contributed by atoms with Crippen molar-refractivity contribution >= 4 is 49.8 Å². The molecule has 0 spiro atoms. The van der Waals surface area contributed by atoms with Crippen molar-refractivity contribution in [2.75, 3.05) is 4.90 Å². The molecule has 0 N–H and O–H groups in total. The Morgan fingerprint density at radius 2 is 0.984 bits per heavy atom. The Bertz CT molecular complexity index is 3530. The highest BCUT2D eigenvalue weighted by atomic mass is 16.3. The van der Waals surface area contributed by atoms with Gasteiger partial charge in [0, 0.05) is 33.1 Å². The third-order valence-electron chi connectivity index (χ3n) is 13.3. The molecule has 0 saturated heterocycles. The first-order valence-corrected chi connectivity index (χ1v) is 21.8. The molecule has 11 aromatic rings. The number of furan rings is 1. The van der Waals surface area contributed by atoms with Crippen LogP contribution in [0.2, 0.25) is 0 Å². The van der Waals surface area contributed by atoms with Crippen molar-refractivity contribution in [2.45, 2.75) is 19.3 Å². The lowest BCUT2D eigenvalue weighted by Crippen LogP contribution is -2.16. The quantitative estimate of drug-likeness (QED) is 0.160. The Balaban J connectivity index is 1.04. The molecule has 1 aromatic heterocycles. The fraction of sp³-hybridized carbons (Fsp3) is 0.0492. The summed E-state index contributed by atoms with van der Waals surface area (Å²) < 4.78 is 6.19. The van der Waals surface area contributed by atoms with Crippen LogP contribution < -0.4 is 4.90 Å². The SMILES string of the molecule is CC1(C)c2ccccc2-c2cccc(-c3cccc(N(c4ccc(-c5ccc6oc7ccccc7c6c5)cc4)c4ccccc4-c4cccc5cccc(-c6ccccc6)c45)c3)c21. The molecule has 63 heavy (non-hydrogen) atoms. The predicted octanol–water partition coefficient (Wildman–Crippen LogP) is 17.2. The summed E-state index contributed by atoms with van der Waals surface area (Å²) >= 11 is 0. The van der Waals surface area contributed by atoms with Crippen molar-refractivity contribution in [3.63, 3.8) is 0 Å². The molecule has 1 aliphatic rings. The summed E-state index contributed by atoms with van der Waals surface area (Å²) in [6, 6.07) is 81.8. The van der Waals surface area contributed by atoms with Crippen molar-refractivity contribution < 1.29 is 4.42 Å². The molecular weight excluding hydrogens is 763 g/mol. The van der Waals surface area contributed by atoms with Gasteiger partial charge in [0.15, 0.2) is 0 Å². The number of nitrogens with zero attached hydrogens (tertiary/aromatic N) is 1. The number of hydrogen-bond donors (Lipinski definition) is 0. The summed E-state index contributed by atoms with van der Waals surface area (Å²) in [5.41, 5.74) is 19.9. The van der Waals surface area contributed by atoms with Crippen molar-refractivity contribution in [1.82, 2.24) is 0 Å². The van der Waals surface area contributed by atoms with Crippen LogP contribution in [0.25, 0.3) is 88.3 Å². The smallest absolute Gasteiger partial charge is 0.135 e. The first-order valence-electron chi connectivity index (χ1n) is 21.8. The molecule has 10 aromatic carbocycles. The van der Waals surface area contributed by atoms with Crippen molar-refractivity contribution in [1.29, 1.82) is 0 Å². The van der Waals surface area contributed by atoms with Crippen LogP contribution in [0.1, 0.15) is 25.0 Å². The van der Waals surface area contributed by atoms with E-state index >= 15 is 0 Å². The van der Waals surface area contributed by atoms with Crippen LogP contribution in [-0.2, 0) is 5.41 Å². The Morgan fingerprint density at radius 3 is 1.84 bits per heavy atom. The van der Waals surface area contributed by atoms with Crippen molar-refractivity contribution in [3.05, 3.63) is 236 Å². The molecular formula is C61H43NO. The minimum Gasteiger partial charge on any atom is -0.456 e. The summed E-state index contributed by atoms with van der Waals surface area (Å²) in [6.45, 7) is 4.74. The van der Waals surface area contributed by atoms with Gasteiger partial charge in [0.2, 0.25) is 0 Å². The van der Waals surface area contributed by atoms with Crippen LogP contribution in [0.5, 0.6) is 0 Å². The third-order valence-corrected chi connectivity index (χ3v) is 13.3. The number of rotatable bonds is 7. The lowest BCUT2D eigenvalue weighted by Gasteiger charge is -2.29. The van der Waals surface area contributed by atoms with Gasteiger partial charge in [0.25, 0.3) is 0 Å². The van der Waals surface area contributed by atoms with E-state index in [0.29, 0.717) is 0 Å². The summed E-state index contributed by atoms with van der Waals surface area (Å²) in [4.78, 5) is 2.45. The highest BCUT2D eigenvalue weighted by Gasteiger charge is 2.37. The van der Waals surface area contributed by atoms with Gasteiger partial charge < -0.3 is 9.32 Å². The third kappa shape index (κ3) is 6.02. The van der Waals surface area contributed by atoms with Gasteiger partial charge >= 0.3 is 0 Å². The zero-order valence-electron chi connectivity index (χ0n) is 35.2. The van der Waals surface area contributed by atoms with Gasteiger partial charge in [-0.1, -0.05) is 190 Å². The van der Waals surface area contributed by atoms with E-state index in [9.17, 15) is 0 Å². The average molecular weight is 806 g/mol. The Morgan fingerprint density at radius 1 is 0.365 bits per heavy atom. The second kappa shape index (κ2) is 14.6. The second-order valence-electron chi connectivity index (χ2n) is 17.2. The normalized spacial score (nSPS) is 12.7. The van der Waals surface area contributed by atoms with E-state index in [0.717, 1.165) is 55.7 Å². The van der Waals surface area contributed by atoms with Crippen molar-refractivity contribution in [3.8, 4) is 55.6 Å². The predicted molar refractivity (Wildman–Crippen MR) is 265 cm³/mol. The van der Waals surface area contributed by atoms with Gasteiger partial charge in [0.05, 0.1) is 5.69 Å². The monoisotopic (exact) mass is 805 g/mol. The fourth-order valence-corrected chi connectivity index (χ4v) is 10.4. The van der Waals surface area contributed by atoms with E-state index < -0.39 is 0 Å². The second-order valence-corrected chi connectivity index (χ2v) is 17.2. The van der Waals surface area contributed by atoms with Gasteiger partial charge in [-0.2, -0.15) is 0 Å². The van der Waals surface area contributed by atoms with Crippen LogP contribution in [0, 0.1) is 0 Å². The Labute approximate surface area is 368 Å². The lowest BCUT2D eigenvalue weighted by molar-refractivity contribution is 0.662. The maximum Gasteiger partial charge on any atom is 0.135 e. The van der Waals surface area contributed by atoms with Crippen LogP contribution in [0.15, 0.2) is 229 Å². The van der Waals surface area contributed by atoms with Crippen LogP contribution in [0.3, 0.4) is 0 Å². The molecule has 2 nitrogen and oxygen atoms in total. The molecule has 0 saturated carbocycles. The minimum atomic E-state index is -0.142. The molecule has 0 radical (unpaired) electrons. The molecule has 12 rings (SSSR count). The zero-order valence-corrected chi connectivity index (χ0v) is 35.2. The maximum absolute atomic E-state index is 6.19. The van der Waals surface area contributed by atoms with Crippen molar-refractivity contribution in [2.24, 2.45) is 0 Å². The molecule has 0 amide bonds. The number of hydrogen-bond acceptors (Lipinski definition) is 2. The lowest BCUT2D eigenvalue weighted by atomic mass is 9.79. The Kier molecular flexibility index (Phi) is 8.55. The van der Waals surface area contributed by atoms with E-state index in [1.807, 2.05) is 12.1 Å². The highest BCUT2D eigenvalue weighted by Crippen LogP contribution is 2.53. The fourth-order valence-electron chi connectivity index (χ4n) is 10.4. The molecule has 1 heterocycles. The molecule has 0 atom stereocenters. The molecule has 0 bridgehead atoms. The van der Waals surface area contributed by atoms with E-state index in [-0.39, 0.29) is 5.41 Å². The van der Waals surface area contributed by atoms with E-state index in [2.05, 4.69) is 231 Å². The number of anilines is 3. The highest BCUT2D eigenvalue weighted by molar-refractivity contribution is 6.09.